The van der Waals surface area contributed by atoms with E-state index in [2.05, 4.69) is 24.3 Å². The molecule has 1 aliphatic heterocycles. The molecule has 0 unspecified atom stereocenters. The fourth-order valence-electron chi connectivity index (χ4n) is 1.44. The molecule has 1 heterocycles. The SMILES string of the molecule is B.C[C@@H]1N[B]O[C@@H]1c1ccccc1. The van der Waals surface area contributed by atoms with Crippen molar-refractivity contribution in [2.45, 2.75) is 19.1 Å². The quantitative estimate of drug-likeness (QED) is 0.608. The van der Waals surface area contributed by atoms with Crippen LogP contribution >= 0.6 is 0 Å². The summed E-state index contributed by atoms with van der Waals surface area (Å²) in [4.78, 5) is 0. The molecule has 2 rings (SSSR count). The molecule has 0 bridgehead atoms. The van der Waals surface area contributed by atoms with E-state index in [0.717, 1.165) is 0 Å². The van der Waals surface area contributed by atoms with E-state index >= 15 is 0 Å². The van der Waals surface area contributed by atoms with E-state index in [1.54, 1.807) is 7.62 Å². The van der Waals surface area contributed by atoms with Crippen LogP contribution in [0.15, 0.2) is 30.3 Å². The minimum absolute atomic E-state index is 0. The molecule has 2 atom stereocenters. The first kappa shape index (κ1) is 10.4. The predicted octanol–water partition coefficient (Wildman–Crippen LogP) is 0.0863. The van der Waals surface area contributed by atoms with Crippen LogP contribution in [0.1, 0.15) is 18.6 Å². The van der Waals surface area contributed by atoms with Crippen molar-refractivity contribution in [3.8, 4) is 0 Å². The van der Waals surface area contributed by atoms with Gasteiger partial charge in [0.1, 0.15) is 0 Å². The third kappa shape index (κ3) is 2.14. The first-order valence-corrected chi connectivity index (χ1v) is 4.16. The second kappa shape index (κ2) is 4.49. The summed E-state index contributed by atoms with van der Waals surface area (Å²) in [6.45, 7) is 2.11. The maximum absolute atomic E-state index is 5.42. The van der Waals surface area contributed by atoms with Crippen molar-refractivity contribution in [1.29, 1.82) is 0 Å². The minimum Gasteiger partial charge on any atom is -0.416 e. The molecule has 0 aromatic heterocycles. The van der Waals surface area contributed by atoms with Crippen LogP contribution < -0.4 is 5.23 Å². The molecule has 1 fully saturated rings. The molecule has 1 aromatic rings. The number of hydrogen-bond acceptors (Lipinski definition) is 2. The summed E-state index contributed by atoms with van der Waals surface area (Å²) in [5, 5.41) is 3.12. The van der Waals surface area contributed by atoms with Gasteiger partial charge < -0.3 is 9.88 Å². The number of nitrogens with one attached hydrogen (secondary N) is 1. The van der Waals surface area contributed by atoms with Gasteiger partial charge in [0.2, 0.25) is 0 Å². The first-order valence-electron chi connectivity index (χ1n) is 4.16. The summed E-state index contributed by atoms with van der Waals surface area (Å²) in [6.07, 6.45) is 0.172. The van der Waals surface area contributed by atoms with Crippen molar-refractivity contribution in [1.82, 2.24) is 5.23 Å². The Kier molecular flexibility index (Phi) is 3.58. The maximum Gasteiger partial charge on any atom is 0.396 e. The van der Waals surface area contributed by atoms with Crippen LogP contribution in [-0.2, 0) is 4.65 Å². The molecule has 4 heteroatoms. The minimum atomic E-state index is 0. The molecule has 0 aliphatic carbocycles. The molecule has 0 amide bonds. The molecule has 1 aromatic carbocycles. The van der Waals surface area contributed by atoms with Gasteiger partial charge in [0.05, 0.1) is 14.5 Å². The van der Waals surface area contributed by atoms with Crippen LogP contribution in [0.5, 0.6) is 0 Å². The van der Waals surface area contributed by atoms with Crippen LogP contribution in [0.3, 0.4) is 0 Å². The van der Waals surface area contributed by atoms with Gasteiger partial charge in [0.25, 0.3) is 0 Å². The van der Waals surface area contributed by atoms with E-state index in [1.807, 2.05) is 18.2 Å². The van der Waals surface area contributed by atoms with Crippen LogP contribution in [0.2, 0.25) is 0 Å². The van der Waals surface area contributed by atoms with Crippen LogP contribution in [0.25, 0.3) is 0 Å². The lowest BCUT2D eigenvalue weighted by atomic mass is 10.0. The zero-order chi connectivity index (χ0) is 8.39. The van der Waals surface area contributed by atoms with Crippen molar-refractivity contribution in [3.05, 3.63) is 35.9 Å². The van der Waals surface area contributed by atoms with Gasteiger partial charge in [-0.15, -0.1) is 0 Å². The van der Waals surface area contributed by atoms with Gasteiger partial charge in [-0.2, -0.15) is 0 Å². The highest BCUT2D eigenvalue weighted by atomic mass is 16.5. The standard InChI is InChI=1S/C9H11BNO.BH3/c1-7-9(12-10-11-7)8-5-3-2-4-6-8;/h2-7,9,11H,1H3;1H3/t7-,9-;/m0./s1. The van der Waals surface area contributed by atoms with Crippen LogP contribution in [0.4, 0.5) is 0 Å². The van der Waals surface area contributed by atoms with E-state index in [4.69, 9.17) is 4.65 Å². The molecule has 0 spiro atoms. The Labute approximate surface area is 81.6 Å². The molecule has 1 radical (unpaired) electrons. The highest BCUT2D eigenvalue weighted by molar-refractivity contribution is 6.24. The average molecular weight is 174 g/mol. The summed E-state index contributed by atoms with van der Waals surface area (Å²) in [7, 11) is 1.67. The lowest BCUT2D eigenvalue weighted by Gasteiger charge is -2.14. The maximum atomic E-state index is 5.42. The highest BCUT2D eigenvalue weighted by Crippen LogP contribution is 2.23. The molecule has 13 heavy (non-hydrogen) atoms. The molecule has 0 saturated carbocycles. The second-order valence-corrected chi connectivity index (χ2v) is 3.04. The molecule has 67 valence electrons. The zero-order valence-corrected chi connectivity index (χ0v) is 7.03. The molecule has 2 nitrogen and oxygen atoms in total. The van der Waals surface area contributed by atoms with Crippen molar-refractivity contribution in [2.24, 2.45) is 0 Å². The van der Waals surface area contributed by atoms with Gasteiger partial charge >= 0.3 is 7.62 Å². The summed E-state index contributed by atoms with van der Waals surface area (Å²) in [6, 6.07) is 10.6. The Bertz CT molecular complexity index is 255. The smallest absolute Gasteiger partial charge is 0.396 e. The Morgan fingerprint density at radius 2 is 2.00 bits per heavy atom. The van der Waals surface area contributed by atoms with Crippen LogP contribution in [0, 0.1) is 0 Å². The van der Waals surface area contributed by atoms with E-state index in [1.165, 1.54) is 5.56 Å². The largest absolute Gasteiger partial charge is 0.416 e. The van der Waals surface area contributed by atoms with Crippen molar-refractivity contribution in [2.75, 3.05) is 0 Å². The lowest BCUT2D eigenvalue weighted by Crippen LogP contribution is -2.22. The van der Waals surface area contributed by atoms with Gasteiger partial charge in [-0.1, -0.05) is 30.3 Å². The Morgan fingerprint density at radius 3 is 2.54 bits per heavy atom. The molecular weight excluding hydrogens is 160 g/mol. The summed E-state index contributed by atoms with van der Waals surface area (Å²) < 4.78 is 5.42. The molecule has 1 N–H and O–H groups in total. The van der Waals surface area contributed by atoms with Gasteiger partial charge in [0.15, 0.2) is 0 Å². The second-order valence-electron chi connectivity index (χ2n) is 3.04. The van der Waals surface area contributed by atoms with E-state index in [0.29, 0.717) is 6.04 Å². The normalized spacial score (nSPS) is 26.2. The molecular formula is C9H14B2NO. The Hall–Kier alpha value is -0.730. The average Bonchev–Trinajstić information content (AvgIpc) is 2.53. The van der Waals surface area contributed by atoms with Gasteiger partial charge in [-0.05, 0) is 12.5 Å². The van der Waals surface area contributed by atoms with Crippen molar-refractivity contribution < 1.29 is 4.65 Å². The number of benzene rings is 1. The summed E-state index contributed by atoms with van der Waals surface area (Å²) >= 11 is 0. The summed E-state index contributed by atoms with van der Waals surface area (Å²) in [5.41, 5.74) is 1.23. The molecule has 1 saturated heterocycles. The van der Waals surface area contributed by atoms with E-state index in [9.17, 15) is 0 Å². The van der Waals surface area contributed by atoms with E-state index < -0.39 is 0 Å². The van der Waals surface area contributed by atoms with Crippen LogP contribution in [-0.4, -0.2) is 22.1 Å². The Morgan fingerprint density at radius 1 is 1.31 bits per heavy atom. The molecule has 1 aliphatic rings. The van der Waals surface area contributed by atoms with Gasteiger partial charge in [0, 0.05) is 6.04 Å². The highest BCUT2D eigenvalue weighted by Gasteiger charge is 2.25. The Balaban J connectivity index is 0.000000845. The zero-order valence-electron chi connectivity index (χ0n) is 7.03. The summed E-state index contributed by atoms with van der Waals surface area (Å²) in [5.74, 6) is 0. The topological polar surface area (TPSA) is 21.3 Å². The fraction of sp³-hybridized carbons (Fsp3) is 0.333. The number of rotatable bonds is 1. The van der Waals surface area contributed by atoms with E-state index in [-0.39, 0.29) is 14.5 Å². The predicted molar refractivity (Wildman–Crippen MR) is 58.6 cm³/mol. The van der Waals surface area contributed by atoms with Crippen molar-refractivity contribution in [3.63, 3.8) is 0 Å². The van der Waals surface area contributed by atoms with Gasteiger partial charge in [-0.3, -0.25) is 0 Å². The fourth-order valence-corrected chi connectivity index (χ4v) is 1.44. The first-order chi connectivity index (χ1) is 5.88. The lowest BCUT2D eigenvalue weighted by molar-refractivity contribution is 0.228. The number of hydrogen-bond donors (Lipinski definition) is 1. The van der Waals surface area contributed by atoms with Crippen molar-refractivity contribution >= 4 is 16.0 Å². The third-order valence-corrected chi connectivity index (χ3v) is 2.13. The monoisotopic (exact) mass is 174 g/mol. The van der Waals surface area contributed by atoms with Gasteiger partial charge in [-0.25, -0.2) is 0 Å². The third-order valence-electron chi connectivity index (χ3n) is 2.13.